The second kappa shape index (κ2) is 6.89. The highest BCUT2D eigenvalue weighted by Gasteiger charge is 2.36. The molecule has 0 bridgehead atoms. The van der Waals surface area contributed by atoms with E-state index in [1.807, 2.05) is 13.8 Å². The van der Waals surface area contributed by atoms with E-state index in [0.717, 1.165) is 19.3 Å². The molecule has 20 heavy (non-hydrogen) atoms. The molecule has 0 amide bonds. The molecule has 1 aliphatic carbocycles. The van der Waals surface area contributed by atoms with E-state index in [2.05, 4.69) is 5.32 Å². The smallest absolute Gasteiger partial charge is 0.310 e. The first kappa shape index (κ1) is 17.4. The number of hydrogen-bond donors (Lipinski definition) is 2. The van der Waals surface area contributed by atoms with Crippen molar-refractivity contribution in [2.75, 3.05) is 12.8 Å². The van der Waals surface area contributed by atoms with Crippen molar-refractivity contribution in [2.45, 2.75) is 63.7 Å². The maximum absolute atomic E-state index is 11.6. The SMILES string of the molecule is CCC(CC)(CNC1CCCC(S(C)(=O)=O)C1)C(=O)O. The van der Waals surface area contributed by atoms with Gasteiger partial charge in [-0.05, 0) is 32.1 Å². The molecule has 1 fully saturated rings. The Balaban J connectivity index is 2.63. The minimum Gasteiger partial charge on any atom is -0.481 e. The van der Waals surface area contributed by atoms with Gasteiger partial charge in [0.15, 0.2) is 0 Å². The minimum atomic E-state index is -3.00. The van der Waals surface area contributed by atoms with Crippen LogP contribution in [0.2, 0.25) is 0 Å². The lowest BCUT2D eigenvalue weighted by Crippen LogP contribution is -2.46. The summed E-state index contributed by atoms with van der Waals surface area (Å²) in [6.45, 7) is 4.19. The number of carboxylic acids is 1. The molecule has 1 aliphatic rings. The predicted octanol–water partition coefficient (Wildman–Crippen LogP) is 1.82. The molecule has 0 aromatic heterocycles. The van der Waals surface area contributed by atoms with Crippen molar-refractivity contribution >= 4 is 15.8 Å². The van der Waals surface area contributed by atoms with Gasteiger partial charge in [-0.25, -0.2) is 8.42 Å². The molecular formula is C14H27NO4S. The van der Waals surface area contributed by atoms with E-state index >= 15 is 0 Å². The summed E-state index contributed by atoms with van der Waals surface area (Å²) >= 11 is 0. The molecule has 0 radical (unpaired) electrons. The highest BCUT2D eigenvalue weighted by molar-refractivity contribution is 7.91. The number of rotatable bonds is 7. The monoisotopic (exact) mass is 305 g/mol. The zero-order chi connectivity index (χ0) is 15.4. The van der Waals surface area contributed by atoms with E-state index in [1.54, 1.807) is 0 Å². The number of hydrogen-bond acceptors (Lipinski definition) is 4. The van der Waals surface area contributed by atoms with Crippen LogP contribution in [0.15, 0.2) is 0 Å². The Kier molecular flexibility index (Phi) is 6.01. The summed E-state index contributed by atoms with van der Waals surface area (Å²) in [6, 6.07) is 0.111. The molecule has 1 saturated carbocycles. The molecule has 0 heterocycles. The van der Waals surface area contributed by atoms with E-state index in [0.29, 0.717) is 25.8 Å². The van der Waals surface area contributed by atoms with Crippen molar-refractivity contribution in [3.63, 3.8) is 0 Å². The lowest BCUT2D eigenvalue weighted by atomic mass is 9.81. The van der Waals surface area contributed by atoms with Gasteiger partial charge in [0.25, 0.3) is 0 Å². The fourth-order valence-corrected chi connectivity index (χ4v) is 4.11. The first-order chi connectivity index (χ1) is 9.25. The Morgan fingerprint density at radius 1 is 1.30 bits per heavy atom. The maximum Gasteiger partial charge on any atom is 0.310 e. The highest BCUT2D eigenvalue weighted by atomic mass is 32.2. The third-order valence-corrected chi connectivity index (χ3v) is 6.41. The Labute approximate surface area is 122 Å². The van der Waals surface area contributed by atoms with Crippen molar-refractivity contribution in [3.05, 3.63) is 0 Å². The van der Waals surface area contributed by atoms with Gasteiger partial charge < -0.3 is 10.4 Å². The number of carbonyl (C=O) groups is 1. The number of nitrogens with one attached hydrogen (secondary N) is 1. The van der Waals surface area contributed by atoms with Crippen LogP contribution < -0.4 is 5.32 Å². The maximum atomic E-state index is 11.6. The molecule has 2 N–H and O–H groups in total. The summed E-state index contributed by atoms with van der Waals surface area (Å²) in [5.74, 6) is -0.773. The van der Waals surface area contributed by atoms with Crippen LogP contribution in [0, 0.1) is 5.41 Å². The lowest BCUT2D eigenvalue weighted by molar-refractivity contribution is -0.149. The largest absolute Gasteiger partial charge is 0.481 e. The Hall–Kier alpha value is -0.620. The van der Waals surface area contributed by atoms with Gasteiger partial charge >= 0.3 is 5.97 Å². The fourth-order valence-electron chi connectivity index (χ4n) is 2.94. The van der Waals surface area contributed by atoms with Crippen molar-refractivity contribution < 1.29 is 18.3 Å². The molecule has 6 heteroatoms. The molecule has 0 aromatic rings. The van der Waals surface area contributed by atoms with E-state index in [4.69, 9.17) is 0 Å². The summed E-state index contributed by atoms with van der Waals surface area (Å²) < 4.78 is 23.3. The zero-order valence-corrected chi connectivity index (χ0v) is 13.5. The topological polar surface area (TPSA) is 83.5 Å². The van der Waals surface area contributed by atoms with Crippen molar-refractivity contribution in [3.8, 4) is 0 Å². The van der Waals surface area contributed by atoms with Crippen LogP contribution in [0.3, 0.4) is 0 Å². The van der Waals surface area contributed by atoms with Crippen LogP contribution >= 0.6 is 0 Å². The van der Waals surface area contributed by atoms with Gasteiger partial charge in [-0.1, -0.05) is 20.3 Å². The van der Waals surface area contributed by atoms with Gasteiger partial charge in [-0.15, -0.1) is 0 Å². The van der Waals surface area contributed by atoms with E-state index in [-0.39, 0.29) is 11.3 Å². The molecule has 0 aliphatic heterocycles. The van der Waals surface area contributed by atoms with Crippen molar-refractivity contribution in [1.82, 2.24) is 5.32 Å². The quantitative estimate of drug-likeness (QED) is 0.749. The Morgan fingerprint density at radius 3 is 2.35 bits per heavy atom. The molecule has 1 rings (SSSR count). The normalized spacial score (nSPS) is 24.6. The molecule has 0 saturated heterocycles. The number of carboxylic acid groups (broad SMARTS) is 1. The second-order valence-corrected chi connectivity index (χ2v) is 8.31. The predicted molar refractivity (Wildman–Crippen MR) is 79.5 cm³/mol. The van der Waals surface area contributed by atoms with Gasteiger partial charge in [0, 0.05) is 18.8 Å². The van der Waals surface area contributed by atoms with Crippen molar-refractivity contribution in [2.24, 2.45) is 5.41 Å². The van der Waals surface area contributed by atoms with Gasteiger partial charge in [-0.2, -0.15) is 0 Å². The fraction of sp³-hybridized carbons (Fsp3) is 0.929. The third kappa shape index (κ3) is 4.19. The first-order valence-electron chi connectivity index (χ1n) is 7.41. The van der Waals surface area contributed by atoms with E-state index < -0.39 is 21.2 Å². The van der Waals surface area contributed by atoms with Crippen molar-refractivity contribution in [1.29, 1.82) is 0 Å². The van der Waals surface area contributed by atoms with Crippen LogP contribution in [-0.2, 0) is 14.6 Å². The van der Waals surface area contributed by atoms with E-state index in [9.17, 15) is 18.3 Å². The Morgan fingerprint density at radius 2 is 1.90 bits per heavy atom. The van der Waals surface area contributed by atoms with Crippen LogP contribution in [-0.4, -0.2) is 43.6 Å². The standard InChI is InChI=1S/C14H27NO4S/c1-4-14(5-2,13(16)17)10-15-11-7-6-8-12(9-11)20(3,18)19/h11-12,15H,4-10H2,1-3H3,(H,16,17). The molecule has 2 unspecified atom stereocenters. The summed E-state index contributed by atoms with van der Waals surface area (Å²) in [6.07, 6.45) is 5.58. The van der Waals surface area contributed by atoms with Crippen LogP contribution in [0.4, 0.5) is 0 Å². The van der Waals surface area contributed by atoms with Crippen LogP contribution in [0.5, 0.6) is 0 Å². The summed E-state index contributed by atoms with van der Waals surface area (Å²) in [7, 11) is -3.00. The Bertz CT molecular complexity index is 428. The average Bonchev–Trinajstić information content (AvgIpc) is 2.39. The average molecular weight is 305 g/mol. The van der Waals surface area contributed by atoms with Gasteiger partial charge in [0.1, 0.15) is 9.84 Å². The molecular weight excluding hydrogens is 278 g/mol. The molecule has 0 aromatic carbocycles. The van der Waals surface area contributed by atoms with Crippen LogP contribution in [0.1, 0.15) is 52.4 Å². The molecule has 2 atom stereocenters. The summed E-state index contributed by atoms with van der Waals surface area (Å²) in [4.78, 5) is 11.4. The van der Waals surface area contributed by atoms with E-state index in [1.165, 1.54) is 6.26 Å². The molecule has 5 nitrogen and oxygen atoms in total. The highest BCUT2D eigenvalue weighted by Crippen LogP contribution is 2.28. The first-order valence-corrected chi connectivity index (χ1v) is 9.36. The number of sulfone groups is 1. The minimum absolute atomic E-state index is 0.111. The van der Waals surface area contributed by atoms with Gasteiger partial charge in [0.2, 0.25) is 0 Å². The van der Waals surface area contributed by atoms with Crippen LogP contribution in [0.25, 0.3) is 0 Å². The third-order valence-electron chi connectivity index (χ3n) is 4.77. The summed E-state index contributed by atoms with van der Waals surface area (Å²) in [5.41, 5.74) is -0.738. The zero-order valence-electron chi connectivity index (χ0n) is 12.7. The molecule has 0 spiro atoms. The van der Waals surface area contributed by atoms with Gasteiger partial charge in [0.05, 0.1) is 10.7 Å². The summed E-state index contributed by atoms with van der Waals surface area (Å²) in [5, 5.41) is 12.4. The number of aliphatic carboxylic acids is 1. The van der Waals surface area contributed by atoms with Gasteiger partial charge in [-0.3, -0.25) is 4.79 Å². The second-order valence-electron chi connectivity index (χ2n) is 5.99. The molecule has 118 valence electrons. The lowest BCUT2D eigenvalue weighted by Gasteiger charge is -2.33.